The number of piperazine rings is 1. The van der Waals surface area contributed by atoms with E-state index in [1.165, 1.54) is 18.2 Å². The van der Waals surface area contributed by atoms with Crippen LogP contribution >= 0.6 is 0 Å². The Morgan fingerprint density at radius 3 is 2.38 bits per heavy atom. The number of nitrogens with two attached hydrogens (primary N) is 1. The molecule has 0 spiro atoms. The molecule has 10 heteroatoms. The molecule has 0 atom stereocenters. The summed E-state index contributed by atoms with van der Waals surface area (Å²) in [5, 5.41) is 25.0. The second kappa shape index (κ2) is 5.65. The van der Waals surface area contributed by atoms with E-state index < -0.39 is 15.1 Å². The van der Waals surface area contributed by atoms with Gasteiger partial charge in [-0.25, -0.2) is 5.14 Å². The van der Waals surface area contributed by atoms with E-state index in [1.807, 2.05) is 6.07 Å². The Kier molecular flexibility index (Phi) is 4.08. The molecule has 0 bridgehead atoms. The fourth-order valence-corrected chi connectivity index (χ4v) is 2.86. The third kappa shape index (κ3) is 3.27. The Labute approximate surface area is 121 Å². The van der Waals surface area contributed by atoms with Crippen molar-refractivity contribution in [2.24, 2.45) is 5.14 Å². The molecule has 0 amide bonds. The molecule has 1 aliphatic rings. The largest absolute Gasteiger partial charge is 0.363 e. The van der Waals surface area contributed by atoms with Crippen LogP contribution in [0.25, 0.3) is 0 Å². The van der Waals surface area contributed by atoms with Crippen LogP contribution < -0.4 is 10.0 Å². The number of nitrogens with zero attached hydrogens (tertiary/aromatic N) is 4. The zero-order valence-corrected chi connectivity index (χ0v) is 11.8. The minimum Gasteiger partial charge on any atom is -0.363 e. The normalized spacial score (nSPS) is 16.5. The molecular formula is C11H13N5O4S. The lowest BCUT2D eigenvalue weighted by molar-refractivity contribution is -0.384. The molecule has 0 aromatic heterocycles. The van der Waals surface area contributed by atoms with Gasteiger partial charge in [0.05, 0.1) is 16.6 Å². The maximum atomic E-state index is 11.2. The molecule has 1 fully saturated rings. The average Bonchev–Trinajstić information content (AvgIpc) is 2.45. The van der Waals surface area contributed by atoms with Gasteiger partial charge in [-0.05, 0) is 12.1 Å². The van der Waals surface area contributed by atoms with Crippen molar-refractivity contribution in [3.63, 3.8) is 0 Å². The van der Waals surface area contributed by atoms with Crippen molar-refractivity contribution in [2.45, 2.75) is 0 Å². The average molecular weight is 311 g/mol. The summed E-state index contributed by atoms with van der Waals surface area (Å²) in [6, 6.07) is 6.02. The minimum atomic E-state index is -3.75. The zero-order chi connectivity index (χ0) is 15.6. The Balaban J connectivity index is 2.27. The quantitative estimate of drug-likeness (QED) is 0.606. The number of nitro groups is 1. The number of hydrogen-bond donors (Lipinski definition) is 1. The number of benzene rings is 1. The third-order valence-electron chi connectivity index (χ3n) is 3.24. The number of rotatable bonds is 3. The molecule has 1 aromatic rings. The van der Waals surface area contributed by atoms with Crippen LogP contribution in [-0.2, 0) is 10.2 Å². The van der Waals surface area contributed by atoms with Gasteiger partial charge in [0.1, 0.15) is 5.69 Å². The second-order valence-electron chi connectivity index (χ2n) is 4.50. The highest BCUT2D eigenvalue weighted by Crippen LogP contribution is 2.30. The highest BCUT2D eigenvalue weighted by molar-refractivity contribution is 7.86. The minimum absolute atomic E-state index is 0.113. The van der Waals surface area contributed by atoms with Crippen molar-refractivity contribution in [3.8, 4) is 6.07 Å². The molecule has 0 saturated carbocycles. The highest BCUT2D eigenvalue weighted by atomic mass is 32.2. The number of nitro benzene ring substituents is 1. The fraction of sp³-hybridized carbons (Fsp3) is 0.364. The van der Waals surface area contributed by atoms with Crippen LogP contribution in [-0.4, -0.2) is 43.8 Å². The van der Waals surface area contributed by atoms with Gasteiger partial charge in [-0.15, -0.1) is 0 Å². The molecular weight excluding hydrogens is 298 g/mol. The Hall–Kier alpha value is -2.22. The maximum Gasteiger partial charge on any atom is 0.292 e. The van der Waals surface area contributed by atoms with Gasteiger partial charge in [0.2, 0.25) is 0 Å². The van der Waals surface area contributed by atoms with E-state index in [1.54, 1.807) is 4.90 Å². The molecule has 1 aromatic carbocycles. The van der Waals surface area contributed by atoms with Crippen molar-refractivity contribution in [1.82, 2.24) is 4.31 Å². The lowest BCUT2D eigenvalue weighted by Crippen LogP contribution is -2.50. The smallest absolute Gasteiger partial charge is 0.292 e. The van der Waals surface area contributed by atoms with Gasteiger partial charge < -0.3 is 4.90 Å². The van der Waals surface area contributed by atoms with Crippen molar-refractivity contribution < 1.29 is 13.3 Å². The summed E-state index contributed by atoms with van der Waals surface area (Å²) in [4.78, 5) is 12.2. The van der Waals surface area contributed by atoms with Gasteiger partial charge in [-0.1, -0.05) is 0 Å². The number of nitriles is 1. The molecule has 2 rings (SSSR count). The first-order valence-electron chi connectivity index (χ1n) is 6.04. The summed E-state index contributed by atoms with van der Waals surface area (Å²) < 4.78 is 23.6. The molecule has 0 unspecified atom stereocenters. The van der Waals surface area contributed by atoms with Gasteiger partial charge in [0.25, 0.3) is 15.9 Å². The third-order valence-corrected chi connectivity index (χ3v) is 4.33. The van der Waals surface area contributed by atoms with E-state index in [9.17, 15) is 18.5 Å². The number of hydrogen-bond acceptors (Lipinski definition) is 6. The van der Waals surface area contributed by atoms with Crippen LogP contribution in [0, 0.1) is 21.4 Å². The predicted molar refractivity (Wildman–Crippen MR) is 74.7 cm³/mol. The van der Waals surface area contributed by atoms with Crippen LogP contribution in [0.5, 0.6) is 0 Å². The van der Waals surface area contributed by atoms with Crippen LogP contribution in [0.3, 0.4) is 0 Å². The van der Waals surface area contributed by atoms with Crippen molar-refractivity contribution >= 4 is 21.6 Å². The Morgan fingerprint density at radius 1 is 1.29 bits per heavy atom. The van der Waals surface area contributed by atoms with Crippen molar-refractivity contribution in [1.29, 1.82) is 5.26 Å². The molecule has 1 heterocycles. The van der Waals surface area contributed by atoms with Gasteiger partial charge in [-0.3, -0.25) is 10.1 Å². The summed E-state index contributed by atoms with van der Waals surface area (Å²) in [5.41, 5.74) is 0.510. The van der Waals surface area contributed by atoms with Gasteiger partial charge >= 0.3 is 0 Å². The lowest BCUT2D eigenvalue weighted by atomic mass is 10.1. The van der Waals surface area contributed by atoms with E-state index in [0.29, 0.717) is 11.3 Å². The zero-order valence-electron chi connectivity index (χ0n) is 11.0. The van der Waals surface area contributed by atoms with Gasteiger partial charge in [-0.2, -0.15) is 18.0 Å². The van der Waals surface area contributed by atoms with Crippen LogP contribution in [0.2, 0.25) is 0 Å². The standard InChI is InChI=1S/C11H13N5O4S/c12-8-9-1-2-10(16(17)18)11(7-9)14-3-5-15(6-4-14)21(13,19)20/h1-2,7H,3-6H2,(H2,13,19,20). The topological polar surface area (TPSA) is 134 Å². The lowest BCUT2D eigenvalue weighted by Gasteiger charge is -2.34. The number of anilines is 1. The molecule has 0 radical (unpaired) electrons. The van der Waals surface area contributed by atoms with Crippen LogP contribution in [0.4, 0.5) is 11.4 Å². The fourth-order valence-electron chi connectivity index (χ4n) is 2.18. The first-order chi connectivity index (χ1) is 9.82. The van der Waals surface area contributed by atoms with Gasteiger partial charge in [0, 0.05) is 32.2 Å². The molecule has 9 nitrogen and oxygen atoms in total. The molecule has 1 saturated heterocycles. The molecule has 21 heavy (non-hydrogen) atoms. The molecule has 112 valence electrons. The molecule has 0 aliphatic carbocycles. The monoisotopic (exact) mass is 311 g/mol. The summed E-state index contributed by atoms with van der Waals surface area (Å²) >= 11 is 0. The van der Waals surface area contributed by atoms with Gasteiger partial charge in [0.15, 0.2) is 0 Å². The van der Waals surface area contributed by atoms with E-state index >= 15 is 0 Å². The van der Waals surface area contributed by atoms with E-state index in [4.69, 9.17) is 10.4 Å². The Morgan fingerprint density at radius 2 is 1.90 bits per heavy atom. The van der Waals surface area contributed by atoms with Crippen molar-refractivity contribution in [3.05, 3.63) is 33.9 Å². The van der Waals surface area contributed by atoms with Crippen LogP contribution in [0.1, 0.15) is 5.56 Å². The Bertz CT molecular complexity index is 704. The SMILES string of the molecule is N#Cc1ccc([N+](=O)[O-])c(N2CCN(S(N)(=O)=O)CC2)c1. The summed E-state index contributed by atoms with van der Waals surface area (Å²) in [6.45, 7) is 0.831. The first kappa shape index (κ1) is 15.2. The highest BCUT2D eigenvalue weighted by Gasteiger charge is 2.27. The van der Waals surface area contributed by atoms with E-state index in [-0.39, 0.29) is 31.9 Å². The predicted octanol–water partition coefficient (Wildman–Crippen LogP) is -0.208. The van der Waals surface area contributed by atoms with E-state index in [2.05, 4.69) is 0 Å². The van der Waals surface area contributed by atoms with Crippen LogP contribution in [0.15, 0.2) is 18.2 Å². The molecule has 1 aliphatic heterocycles. The molecule has 2 N–H and O–H groups in total. The van der Waals surface area contributed by atoms with Crippen molar-refractivity contribution in [2.75, 3.05) is 31.1 Å². The summed E-state index contributed by atoms with van der Waals surface area (Å²) in [7, 11) is -3.75. The second-order valence-corrected chi connectivity index (χ2v) is 6.05. The first-order valence-corrected chi connectivity index (χ1v) is 7.54. The van der Waals surface area contributed by atoms with E-state index in [0.717, 1.165) is 4.31 Å². The maximum absolute atomic E-state index is 11.2. The summed E-state index contributed by atoms with van der Waals surface area (Å²) in [6.07, 6.45) is 0. The summed E-state index contributed by atoms with van der Waals surface area (Å²) in [5.74, 6) is 0.